The monoisotopic (exact) mass is 314 g/mol. The van der Waals surface area contributed by atoms with Crippen LogP contribution in [0.1, 0.15) is 48.3 Å². The Morgan fingerprint density at radius 1 is 1.38 bits per heavy atom. The number of piperidine rings is 1. The largest absolute Gasteiger partial charge is 0.348 e. The lowest BCUT2D eigenvalue weighted by Gasteiger charge is -2.24. The van der Waals surface area contributed by atoms with Crippen molar-refractivity contribution in [3.05, 3.63) is 27.2 Å². The molecule has 0 aliphatic carbocycles. The van der Waals surface area contributed by atoms with Crippen molar-refractivity contribution < 1.29 is 4.79 Å². The maximum atomic E-state index is 12.4. The van der Waals surface area contributed by atoms with Crippen LogP contribution in [0.3, 0.4) is 0 Å². The highest BCUT2D eigenvalue weighted by molar-refractivity contribution is 5.95. The molecule has 7 heteroatoms. The van der Waals surface area contributed by atoms with Crippen molar-refractivity contribution in [1.29, 1.82) is 0 Å². The molecule has 1 aromatic rings. The first kappa shape index (κ1) is 17.7. The van der Waals surface area contributed by atoms with E-state index in [2.05, 4.69) is 20.8 Å². The Hall–Kier alpha value is -1.40. The van der Waals surface area contributed by atoms with Crippen LogP contribution < -0.4 is 16.2 Å². The highest BCUT2D eigenvalue weighted by atomic mass is 35.5. The van der Waals surface area contributed by atoms with Gasteiger partial charge in [-0.05, 0) is 37.8 Å². The topological polar surface area (TPSA) is 86.9 Å². The molecule has 118 valence electrons. The molecule has 6 nitrogen and oxygen atoms in total. The lowest BCUT2D eigenvalue weighted by molar-refractivity contribution is 0.0927. The summed E-state index contributed by atoms with van der Waals surface area (Å²) in [6.07, 6.45) is 3.32. The number of aromatic nitrogens is 2. The minimum Gasteiger partial charge on any atom is -0.348 e. The van der Waals surface area contributed by atoms with Gasteiger partial charge in [0, 0.05) is 12.6 Å². The number of amides is 1. The number of nitrogens with one attached hydrogen (secondary N) is 3. The number of aromatic amines is 1. The second-order valence-electron chi connectivity index (χ2n) is 5.08. The molecule has 21 heavy (non-hydrogen) atoms. The van der Waals surface area contributed by atoms with Crippen LogP contribution in [-0.2, 0) is 12.8 Å². The average Bonchev–Trinajstić information content (AvgIpc) is 2.47. The zero-order valence-corrected chi connectivity index (χ0v) is 13.3. The number of rotatable bonds is 4. The third-order valence-corrected chi connectivity index (χ3v) is 3.72. The first-order valence-electron chi connectivity index (χ1n) is 7.29. The van der Waals surface area contributed by atoms with E-state index in [0.717, 1.165) is 37.2 Å². The summed E-state index contributed by atoms with van der Waals surface area (Å²) >= 11 is 0. The summed E-state index contributed by atoms with van der Waals surface area (Å²) in [6.45, 7) is 5.65. The van der Waals surface area contributed by atoms with Gasteiger partial charge < -0.3 is 10.6 Å². The Kier molecular flexibility index (Phi) is 6.84. The summed E-state index contributed by atoms with van der Waals surface area (Å²) in [5, 5.41) is 12.7. The molecule has 1 fully saturated rings. The number of carbonyl (C=O) groups excluding carboxylic acids is 1. The normalized spacial score (nSPS) is 17.9. The van der Waals surface area contributed by atoms with Gasteiger partial charge in [-0.2, -0.15) is 5.10 Å². The van der Waals surface area contributed by atoms with Crippen LogP contribution in [-0.4, -0.2) is 35.2 Å². The van der Waals surface area contributed by atoms with Crippen LogP contribution in [0.4, 0.5) is 0 Å². The molecule has 3 N–H and O–H groups in total. The predicted octanol–water partition coefficient (Wildman–Crippen LogP) is 0.798. The van der Waals surface area contributed by atoms with Gasteiger partial charge in [-0.15, -0.1) is 12.4 Å². The first-order valence-corrected chi connectivity index (χ1v) is 7.29. The Morgan fingerprint density at radius 3 is 2.71 bits per heavy atom. The van der Waals surface area contributed by atoms with Crippen molar-refractivity contribution in [3.8, 4) is 0 Å². The van der Waals surface area contributed by atoms with E-state index in [9.17, 15) is 9.59 Å². The maximum absolute atomic E-state index is 12.4. The molecular formula is C14H23ClN4O2. The van der Waals surface area contributed by atoms with E-state index in [-0.39, 0.29) is 29.9 Å². The van der Waals surface area contributed by atoms with E-state index >= 15 is 0 Å². The number of H-pyrrole nitrogens is 1. The van der Waals surface area contributed by atoms with E-state index in [4.69, 9.17) is 0 Å². The Morgan fingerprint density at radius 2 is 2.14 bits per heavy atom. The highest BCUT2D eigenvalue weighted by Crippen LogP contribution is 2.11. The molecule has 1 saturated heterocycles. The number of nitrogens with zero attached hydrogens (tertiary/aromatic N) is 1. The van der Waals surface area contributed by atoms with Gasteiger partial charge in [0.2, 0.25) is 0 Å². The molecule has 2 rings (SSSR count). The zero-order chi connectivity index (χ0) is 14.5. The van der Waals surface area contributed by atoms with E-state index < -0.39 is 5.56 Å². The van der Waals surface area contributed by atoms with Gasteiger partial charge in [-0.1, -0.05) is 13.8 Å². The van der Waals surface area contributed by atoms with E-state index in [1.807, 2.05) is 13.8 Å². The average molecular weight is 315 g/mol. The molecule has 0 bridgehead atoms. The molecule has 1 aliphatic rings. The van der Waals surface area contributed by atoms with E-state index in [1.165, 1.54) is 0 Å². The van der Waals surface area contributed by atoms with Crippen LogP contribution in [0.5, 0.6) is 0 Å². The molecular weight excluding hydrogens is 292 g/mol. The Bertz CT molecular complexity index is 538. The lowest BCUT2D eigenvalue weighted by atomic mass is 10.0. The van der Waals surface area contributed by atoms with E-state index in [0.29, 0.717) is 12.8 Å². The van der Waals surface area contributed by atoms with Gasteiger partial charge in [0.05, 0.1) is 5.69 Å². The van der Waals surface area contributed by atoms with Crippen molar-refractivity contribution >= 4 is 18.3 Å². The van der Waals surface area contributed by atoms with Crippen molar-refractivity contribution in [2.24, 2.45) is 0 Å². The van der Waals surface area contributed by atoms with Crippen molar-refractivity contribution in [1.82, 2.24) is 20.8 Å². The highest BCUT2D eigenvalue weighted by Gasteiger charge is 2.22. The van der Waals surface area contributed by atoms with Crippen LogP contribution >= 0.6 is 12.4 Å². The fourth-order valence-corrected chi connectivity index (χ4v) is 2.67. The van der Waals surface area contributed by atoms with Gasteiger partial charge in [-0.25, -0.2) is 5.10 Å². The van der Waals surface area contributed by atoms with Crippen molar-refractivity contribution in [3.63, 3.8) is 0 Å². The molecule has 1 unspecified atom stereocenters. The fourth-order valence-electron chi connectivity index (χ4n) is 2.67. The smallest absolute Gasteiger partial charge is 0.277 e. The molecule has 0 spiro atoms. The summed E-state index contributed by atoms with van der Waals surface area (Å²) < 4.78 is 0. The van der Waals surface area contributed by atoms with Gasteiger partial charge >= 0.3 is 0 Å². The standard InChI is InChI=1S/C14H22N4O2.ClH/c1-3-10-11(4-2)17-18-14(20)12(10)13(19)16-9-6-5-7-15-8-9;/h9,15H,3-8H2,1-2H3,(H,16,19)(H,18,20);1H. The van der Waals surface area contributed by atoms with Crippen LogP contribution in [0.2, 0.25) is 0 Å². The minimum absolute atomic E-state index is 0. The zero-order valence-electron chi connectivity index (χ0n) is 12.5. The lowest BCUT2D eigenvalue weighted by Crippen LogP contribution is -2.47. The van der Waals surface area contributed by atoms with Gasteiger partial charge in [0.15, 0.2) is 0 Å². The summed E-state index contributed by atoms with van der Waals surface area (Å²) in [5.74, 6) is -0.283. The quantitative estimate of drug-likeness (QED) is 0.767. The third-order valence-electron chi connectivity index (χ3n) is 3.72. The molecule has 0 aromatic carbocycles. The van der Waals surface area contributed by atoms with Gasteiger partial charge in [0.1, 0.15) is 5.56 Å². The molecule has 1 aliphatic heterocycles. The van der Waals surface area contributed by atoms with Crippen molar-refractivity contribution in [2.45, 2.75) is 45.6 Å². The number of halogens is 1. The SMILES string of the molecule is CCc1n[nH]c(=O)c(C(=O)NC2CCCNC2)c1CC.Cl. The number of carbonyl (C=O) groups is 1. The molecule has 1 amide bonds. The minimum atomic E-state index is -0.402. The first-order chi connectivity index (χ1) is 9.67. The van der Waals surface area contributed by atoms with Gasteiger partial charge in [-0.3, -0.25) is 9.59 Å². The maximum Gasteiger partial charge on any atom is 0.277 e. The summed E-state index contributed by atoms with van der Waals surface area (Å²) in [7, 11) is 0. The Labute approximate surface area is 130 Å². The van der Waals surface area contributed by atoms with Crippen molar-refractivity contribution in [2.75, 3.05) is 13.1 Å². The molecule has 2 heterocycles. The second-order valence-corrected chi connectivity index (χ2v) is 5.08. The molecule has 0 radical (unpaired) electrons. The third kappa shape index (κ3) is 4.04. The number of aryl methyl sites for hydroxylation is 1. The second kappa shape index (κ2) is 8.14. The van der Waals surface area contributed by atoms with E-state index in [1.54, 1.807) is 0 Å². The predicted molar refractivity (Wildman–Crippen MR) is 84.2 cm³/mol. The summed E-state index contributed by atoms with van der Waals surface area (Å²) in [4.78, 5) is 24.4. The van der Waals surface area contributed by atoms with Crippen LogP contribution in [0, 0.1) is 0 Å². The molecule has 1 atom stereocenters. The summed E-state index contributed by atoms with van der Waals surface area (Å²) in [5.41, 5.74) is 1.38. The molecule has 0 saturated carbocycles. The van der Waals surface area contributed by atoms with Crippen LogP contribution in [0.15, 0.2) is 4.79 Å². The Balaban J connectivity index is 0.00000220. The number of hydrogen-bond acceptors (Lipinski definition) is 4. The molecule has 1 aromatic heterocycles. The van der Waals surface area contributed by atoms with Gasteiger partial charge in [0.25, 0.3) is 11.5 Å². The number of hydrogen-bond donors (Lipinski definition) is 3. The van der Waals surface area contributed by atoms with Crippen LogP contribution in [0.25, 0.3) is 0 Å². The fraction of sp³-hybridized carbons (Fsp3) is 0.643. The summed E-state index contributed by atoms with van der Waals surface area (Å²) in [6, 6.07) is 0.0959.